The van der Waals surface area contributed by atoms with Crippen molar-refractivity contribution in [3.63, 3.8) is 0 Å². The Hall–Kier alpha value is -3.14. The van der Waals surface area contributed by atoms with Gasteiger partial charge in [0.05, 0.1) is 12.6 Å². The maximum absolute atomic E-state index is 13.0. The second-order valence-electron chi connectivity index (χ2n) is 7.71. The van der Waals surface area contributed by atoms with Gasteiger partial charge in [-0.05, 0) is 38.5 Å². The van der Waals surface area contributed by atoms with Gasteiger partial charge in [-0.15, -0.1) is 0 Å². The Balaban J connectivity index is 1.80. The molecule has 1 aliphatic rings. The maximum Gasteiger partial charge on any atom is 0.278 e. The minimum Gasteiger partial charge on any atom is -0.471 e. The van der Waals surface area contributed by atoms with E-state index < -0.39 is 24.5 Å². The van der Waals surface area contributed by atoms with E-state index in [9.17, 15) is 23.5 Å². The molecule has 3 rings (SSSR count). The van der Waals surface area contributed by atoms with Gasteiger partial charge in [0.1, 0.15) is 11.9 Å². The monoisotopic (exact) mass is 434 g/mol. The normalized spacial score (nSPS) is 15.5. The highest BCUT2D eigenvalue weighted by molar-refractivity contribution is 6.02. The largest absolute Gasteiger partial charge is 0.471 e. The maximum atomic E-state index is 13.0. The second-order valence-corrected chi connectivity index (χ2v) is 7.71. The molecule has 0 aromatic carbocycles. The zero-order valence-electron chi connectivity index (χ0n) is 17.6. The van der Waals surface area contributed by atoms with Crippen molar-refractivity contribution in [3.8, 4) is 5.88 Å². The molecule has 10 heteroatoms. The number of halogens is 2. The number of carbonyl (C=O) groups is 2. The van der Waals surface area contributed by atoms with Gasteiger partial charge in [-0.1, -0.05) is 0 Å². The Bertz CT molecular complexity index is 1010. The number of fused-ring (bicyclic) bond motifs is 1. The van der Waals surface area contributed by atoms with Crippen LogP contribution in [0.15, 0.2) is 24.5 Å². The molecule has 0 saturated carbocycles. The van der Waals surface area contributed by atoms with Crippen molar-refractivity contribution < 1.29 is 28.2 Å². The summed E-state index contributed by atoms with van der Waals surface area (Å²) in [6.07, 6.45) is 1.70. The number of amides is 2. The molecule has 1 aliphatic heterocycles. The molecule has 0 fully saturated rings. The predicted octanol–water partition coefficient (Wildman–Crippen LogP) is 2.86. The van der Waals surface area contributed by atoms with Crippen LogP contribution in [0.3, 0.4) is 0 Å². The van der Waals surface area contributed by atoms with Gasteiger partial charge < -0.3 is 20.1 Å². The number of nitrogens with one attached hydrogen (secondary N) is 1. The fraction of sp³-hybridized carbons (Fsp3) is 0.429. The first kappa shape index (κ1) is 22.5. The number of ether oxygens (including phenoxy) is 1. The molecule has 2 atom stereocenters. The van der Waals surface area contributed by atoms with Crippen LogP contribution in [-0.2, 0) is 11.3 Å². The minimum absolute atomic E-state index is 0.112. The number of rotatable bonds is 7. The average Bonchev–Trinajstić information content (AvgIpc) is 3.03. The van der Waals surface area contributed by atoms with E-state index in [1.165, 1.54) is 19.3 Å². The van der Waals surface area contributed by atoms with Crippen molar-refractivity contribution in [3.05, 3.63) is 46.8 Å². The van der Waals surface area contributed by atoms with Gasteiger partial charge in [0.25, 0.3) is 17.7 Å². The Kier molecular flexibility index (Phi) is 6.21. The van der Waals surface area contributed by atoms with Gasteiger partial charge in [0, 0.05) is 36.0 Å². The second kappa shape index (κ2) is 8.54. The van der Waals surface area contributed by atoms with E-state index in [0.29, 0.717) is 22.3 Å². The topological polar surface area (TPSA) is 105 Å². The lowest BCUT2D eigenvalue weighted by atomic mass is 10.1. The molecule has 0 radical (unpaired) electrons. The highest BCUT2D eigenvalue weighted by Gasteiger charge is 2.34. The van der Waals surface area contributed by atoms with Crippen molar-refractivity contribution in [2.45, 2.75) is 52.3 Å². The van der Waals surface area contributed by atoms with Gasteiger partial charge >= 0.3 is 0 Å². The summed E-state index contributed by atoms with van der Waals surface area (Å²) in [4.78, 5) is 34.7. The van der Waals surface area contributed by atoms with Crippen LogP contribution in [0.4, 0.5) is 14.6 Å². The number of aliphatic hydroxyl groups excluding tert-OH is 1. The Labute approximate surface area is 178 Å². The summed E-state index contributed by atoms with van der Waals surface area (Å²) >= 11 is 0. The number of pyridine rings is 2. The smallest absolute Gasteiger partial charge is 0.278 e. The summed E-state index contributed by atoms with van der Waals surface area (Å²) in [7, 11) is 0. The van der Waals surface area contributed by atoms with Crippen molar-refractivity contribution in [1.82, 2.24) is 14.9 Å². The third-order valence-electron chi connectivity index (χ3n) is 4.96. The first-order chi connectivity index (χ1) is 14.5. The summed E-state index contributed by atoms with van der Waals surface area (Å²) in [5.41, 5.74) is 2.25. The molecule has 2 aromatic rings. The number of aromatic nitrogens is 2. The van der Waals surface area contributed by atoms with Gasteiger partial charge in [-0.25, -0.2) is 18.7 Å². The Morgan fingerprint density at radius 1 is 1.39 bits per heavy atom. The van der Waals surface area contributed by atoms with E-state index in [1.54, 1.807) is 24.0 Å². The summed E-state index contributed by atoms with van der Waals surface area (Å²) in [5.74, 6) is -3.48. The molecule has 3 heterocycles. The van der Waals surface area contributed by atoms with Gasteiger partial charge in [0.15, 0.2) is 6.61 Å². The summed E-state index contributed by atoms with van der Waals surface area (Å²) in [6.45, 7) is 5.05. The molecule has 0 bridgehead atoms. The lowest BCUT2D eigenvalue weighted by Gasteiger charge is -2.25. The summed E-state index contributed by atoms with van der Waals surface area (Å²) in [5, 5.41) is 12.0. The van der Waals surface area contributed by atoms with Crippen molar-refractivity contribution in [1.29, 1.82) is 0 Å². The molecular formula is C21H24F2N4O4. The molecule has 0 spiro atoms. The Morgan fingerprint density at radius 2 is 2.10 bits per heavy atom. The van der Waals surface area contributed by atoms with Crippen molar-refractivity contribution in [2.75, 3.05) is 11.9 Å². The number of aliphatic hydroxyl groups is 1. The molecule has 2 aromatic heterocycles. The van der Waals surface area contributed by atoms with Crippen LogP contribution in [-0.4, -0.2) is 50.4 Å². The summed E-state index contributed by atoms with van der Waals surface area (Å²) < 4.78 is 31.2. The van der Waals surface area contributed by atoms with Crippen LogP contribution in [0.25, 0.3) is 0 Å². The molecule has 8 nitrogen and oxygen atoms in total. The van der Waals surface area contributed by atoms with E-state index in [1.807, 2.05) is 6.92 Å². The summed E-state index contributed by atoms with van der Waals surface area (Å²) in [6, 6.07) is 2.94. The van der Waals surface area contributed by atoms with E-state index in [2.05, 4.69) is 15.3 Å². The van der Waals surface area contributed by atoms with Crippen LogP contribution >= 0.6 is 0 Å². The minimum atomic E-state index is -2.97. The van der Waals surface area contributed by atoms with Crippen LogP contribution in [0.2, 0.25) is 0 Å². The number of anilines is 1. The number of nitrogens with zero attached hydrogens (tertiary/aromatic N) is 3. The SMILES string of the molecule is Cc1cc(C(C)N2Cc3c(ccnc3NC(=O)[C@@H](C)O)C2=O)cnc1OCC(C)(F)F. The first-order valence-electron chi connectivity index (χ1n) is 9.73. The Morgan fingerprint density at radius 3 is 2.71 bits per heavy atom. The van der Waals surface area contributed by atoms with E-state index in [0.717, 1.165) is 6.92 Å². The van der Waals surface area contributed by atoms with Crippen LogP contribution in [0.5, 0.6) is 5.88 Å². The standard InChI is InChI=1S/C21H24F2N4O4/c1-11-7-14(8-25-19(11)31-10-21(4,22)23)12(2)27-9-16-15(20(27)30)5-6-24-17(16)26-18(29)13(3)28/h5-8,12-13,28H,9-10H2,1-4H3,(H,24,26,29)/t12?,13-/m1/s1. The quantitative estimate of drug-likeness (QED) is 0.695. The molecule has 0 saturated heterocycles. The number of carbonyl (C=O) groups excluding carboxylic acids is 2. The molecule has 2 amide bonds. The van der Waals surface area contributed by atoms with E-state index in [-0.39, 0.29) is 30.2 Å². The lowest BCUT2D eigenvalue weighted by Crippen LogP contribution is -2.28. The fourth-order valence-corrected chi connectivity index (χ4v) is 3.23. The van der Waals surface area contributed by atoms with E-state index >= 15 is 0 Å². The molecule has 1 unspecified atom stereocenters. The molecule has 2 N–H and O–H groups in total. The predicted molar refractivity (Wildman–Crippen MR) is 108 cm³/mol. The third-order valence-corrected chi connectivity index (χ3v) is 4.96. The molecule has 0 aliphatic carbocycles. The number of hydrogen-bond donors (Lipinski definition) is 2. The van der Waals surface area contributed by atoms with Gasteiger partial charge in [-0.3, -0.25) is 9.59 Å². The van der Waals surface area contributed by atoms with Crippen molar-refractivity contribution >= 4 is 17.6 Å². The molecule has 31 heavy (non-hydrogen) atoms. The zero-order chi connectivity index (χ0) is 22.9. The molecule has 166 valence electrons. The van der Waals surface area contributed by atoms with Gasteiger partial charge in [-0.2, -0.15) is 0 Å². The first-order valence-corrected chi connectivity index (χ1v) is 9.73. The van der Waals surface area contributed by atoms with Crippen molar-refractivity contribution in [2.24, 2.45) is 0 Å². The number of aryl methyl sites for hydroxylation is 1. The third kappa shape index (κ3) is 4.96. The lowest BCUT2D eigenvalue weighted by molar-refractivity contribution is -0.123. The van der Waals surface area contributed by atoms with E-state index in [4.69, 9.17) is 4.74 Å². The highest BCUT2D eigenvalue weighted by atomic mass is 19.3. The van der Waals surface area contributed by atoms with Crippen LogP contribution in [0.1, 0.15) is 53.9 Å². The van der Waals surface area contributed by atoms with Gasteiger partial charge in [0.2, 0.25) is 5.88 Å². The fourth-order valence-electron chi connectivity index (χ4n) is 3.23. The molecular weight excluding hydrogens is 410 g/mol. The average molecular weight is 434 g/mol. The number of alkyl halides is 2. The number of hydrogen-bond acceptors (Lipinski definition) is 6. The van der Waals surface area contributed by atoms with Crippen LogP contribution < -0.4 is 10.1 Å². The highest BCUT2D eigenvalue weighted by Crippen LogP contribution is 2.34. The zero-order valence-corrected chi connectivity index (χ0v) is 17.6. The van der Waals surface area contributed by atoms with Crippen LogP contribution in [0, 0.1) is 6.92 Å².